The highest BCUT2D eigenvalue weighted by atomic mass is 32.1. The molecule has 0 saturated heterocycles. The van der Waals surface area contributed by atoms with E-state index in [0.717, 1.165) is 6.42 Å². The van der Waals surface area contributed by atoms with E-state index in [1.807, 2.05) is 0 Å². The maximum absolute atomic E-state index is 8.93. The van der Waals surface area contributed by atoms with Crippen LogP contribution in [0.25, 0.3) is 0 Å². The number of hydrogen-bond donors (Lipinski definition) is 3. The topological polar surface area (TPSA) is 44.3 Å². The summed E-state index contributed by atoms with van der Waals surface area (Å²) in [6.07, 6.45) is 0.726. The summed E-state index contributed by atoms with van der Waals surface area (Å²) in [5.74, 6) is 0.455. The Morgan fingerprint density at radius 1 is 1.33 bits per heavy atom. The molecule has 4 heteroatoms. The fourth-order valence-corrected chi connectivity index (χ4v) is 1.71. The zero-order valence-electron chi connectivity index (χ0n) is 10.4. The summed E-state index contributed by atoms with van der Waals surface area (Å²) < 4.78 is 0. The maximum atomic E-state index is 8.93. The van der Waals surface area contributed by atoms with Crippen LogP contribution >= 0.6 is 12.2 Å². The SMILES string of the molecule is CC(C)[C@H](CCO)NC(=S)NC(C)(C)C. The van der Waals surface area contributed by atoms with Crippen LogP contribution in [0.15, 0.2) is 0 Å². The summed E-state index contributed by atoms with van der Waals surface area (Å²) in [6, 6.07) is 0.234. The van der Waals surface area contributed by atoms with Crippen LogP contribution in [0.1, 0.15) is 41.0 Å². The van der Waals surface area contributed by atoms with E-state index >= 15 is 0 Å². The molecule has 0 aliphatic heterocycles. The van der Waals surface area contributed by atoms with E-state index in [1.54, 1.807) is 0 Å². The van der Waals surface area contributed by atoms with Crippen molar-refractivity contribution in [3.8, 4) is 0 Å². The first-order valence-electron chi connectivity index (χ1n) is 5.46. The third-order valence-corrected chi connectivity index (χ3v) is 2.27. The van der Waals surface area contributed by atoms with Crippen molar-refractivity contribution in [2.24, 2.45) is 5.92 Å². The second kappa shape index (κ2) is 6.28. The van der Waals surface area contributed by atoms with Crippen molar-refractivity contribution >= 4 is 17.3 Å². The minimum absolute atomic E-state index is 0.0230. The third-order valence-electron chi connectivity index (χ3n) is 2.05. The molecule has 0 aromatic carbocycles. The van der Waals surface area contributed by atoms with Gasteiger partial charge in [-0.1, -0.05) is 13.8 Å². The quantitative estimate of drug-likeness (QED) is 0.645. The smallest absolute Gasteiger partial charge is 0.166 e. The molecule has 0 bridgehead atoms. The molecule has 3 N–H and O–H groups in total. The van der Waals surface area contributed by atoms with Crippen molar-refractivity contribution in [1.29, 1.82) is 0 Å². The number of rotatable bonds is 4. The predicted molar refractivity (Wildman–Crippen MR) is 69.0 cm³/mol. The Kier molecular flexibility index (Phi) is 6.13. The minimum atomic E-state index is -0.0230. The van der Waals surface area contributed by atoms with Gasteiger partial charge >= 0.3 is 0 Å². The van der Waals surface area contributed by atoms with E-state index in [2.05, 4.69) is 45.3 Å². The van der Waals surface area contributed by atoms with E-state index in [9.17, 15) is 0 Å². The normalized spacial score (nSPS) is 13.8. The van der Waals surface area contributed by atoms with E-state index in [1.165, 1.54) is 0 Å². The molecule has 0 radical (unpaired) electrons. The Morgan fingerprint density at radius 2 is 1.87 bits per heavy atom. The summed E-state index contributed by atoms with van der Waals surface area (Å²) in [5.41, 5.74) is -0.0230. The molecule has 90 valence electrons. The van der Waals surface area contributed by atoms with Crippen molar-refractivity contribution in [2.75, 3.05) is 6.61 Å². The van der Waals surface area contributed by atoms with Crippen molar-refractivity contribution in [1.82, 2.24) is 10.6 Å². The third kappa shape index (κ3) is 7.56. The van der Waals surface area contributed by atoms with Crippen molar-refractivity contribution in [3.63, 3.8) is 0 Å². The van der Waals surface area contributed by atoms with Crippen LogP contribution in [-0.2, 0) is 0 Å². The first-order chi connectivity index (χ1) is 6.76. The molecule has 0 rings (SSSR count). The molecule has 0 aliphatic rings. The lowest BCUT2D eigenvalue weighted by atomic mass is 10.0. The Balaban J connectivity index is 4.11. The van der Waals surface area contributed by atoms with Gasteiger partial charge in [0.25, 0.3) is 0 Å². The van der Waals surface area contributed by atoms with Gasteiger partial charge in [0, 0.05) is 18.2 Å². The van der Waals surface area contributed by atoms with Crippen molar-refractivity contribution in [2.45, 2.75) is 52.6 Å². The van der Waals surface area contributed by atoms with Gasteiger partial charge in [0.1, 0.15) is 0 Å². The Labute approximate surface area is 98.6 Å². The van der Waals surface area contributed by atoms with Crippen molar-refractivity contribution in [3.05, 3.63) is 0 Å². The van der Waals surface area contributed by atoms with Crippen LogP contribution in [0.3, 0.4) is 0 Å². The predicted octanol–water partition coefficient (Wildman–Crippen LogP) is 1.66. The summed E-state index contributed by atoms with van der Waals surface area (Å²) in [5, 5.41) is 16.0. The fraction of sp³-hybridized carbons (Fsp3) is 0.909. The molecule has 0 spiro atoms. The molecular weight excluding hydrogens is 208 g/mol. The van der Waals surface area contributed by atoms with E-state index in [4.69, 9.17) is 17.3 Å². The van der Waals surface area contributed by atoms with Gasteiger partial charge in [-0.3, -0.25) is 0 Å². The van der Waals surface area contributed by atoms with Gasteiger partial charge in [0.05, 0.1) is 0 Å². The van der Waals surface area contributed by atoms with Gasteiger partial charge in [0.15, 0.2) is 5.11 Å². The van der Waals surface area contributed by atoms with Gasteiger partial charge in [-0.15, -0.1) is 0 Å². The van der Waals surface area contributed by atoms with Gasteiger partial charge in [0.2, 0.25) is 0 Å². The molecule has 0 fully saturated rings. The number of aliphatic hydroxyl groups excluding tert-OH is 1. The van der Waals surface area contributed by atoms with Gasteiger partial charge < -0.3 is 15.7 Å². The summed E-state index contributed by atoms with van der Waals surface area (Å²) >= 11 is 5.21. The molecule has 15 heavy (non-hydrogen) atoms. The Hall–Kier alpha value is -0.350. The van der Waals surface area contributed by atoms with E-state index < -0.39 is 0 Å². The molecular formula is C11H24N2OS. The average Bonchev–Trinajstić information content (AvgIpc) is 1.99. The Morgan fingerprint density at radius 3 is 2.20 bits per heavy atom. The lowest BCUT2D eigenvalue weighted by Crippen LogP contribution is -2.50. The van der Waals surface area contributed by atoms with Crippen LogP contribution < -0.4 is 10.6 Å². The van der Waals surface area contributed by atoms with E-state index in [0.29, 0.717) is 11.0 Å². The molecule has 0 aromatic rings. The highest BCUT2D eigenvalue weighted by molar-refractivity contribution is 7.80. The molecule has 0 saturated carbocycles. The van der Waals surface area contributed by atoms with Crippen LogP contribution in [0.4, 0.5) is 0 Å². The van der Waals surface area contributed by atoms with Crippen molar-refractivity contribution < 1.29 is 5.11 Å². The molecule has 1 atom stereocenters. The number of hydrogen-bond acceptors (Lipinski definition) is 2. The number of thiocarbonyl (C=S) groups is 1. The van der Waals surface area contributed by atoms with Gasteiger partial charge in [-0.2, -0.15) is 0 Å². The highest BCUT2D eigenvalue weighted by Gasteiger charge is 2.16. The zero-order valence-corrected chi connectivity index (χ0v) is 11.2. The van der Waals surface area contributed by atoms with Crippen LogP contribution in [-0.4, -0.2) is 28.4 Å². The highest BCUT2D eigenvalue weighted by Crippen LogP contribution is 2.06. The largest absolute Gasteiger partial charge is 0.396 e. The maximum Gasteiger partial charge on any atom is 0.166 e. The minimum Gasteiger partial charge on any atom is -0.396 e. The standard InChI is InChI=1S/C11H24N2OS/c1-8(2)9(6-7-14)12-10(15)13-11(3,4)5/h8-9,14H,6-7H2,1-5H3,(H2,12,13,15)/t9-/m0/s1. The molecule has 3 nitrogen and oxygen atoms in total. The summed E-state index contributed by atoms with van der Waals surface area (Å²) in [7, 11) is 0. The average molecular weight is 232 g/mol. The fourth-order valence-electron chi connectivity index (χ4n) is 1.26. The zero-order chi connectivity index (χ0) is 12.1. The lowest BCUT2D eigenvalue weighted by Gasteiger charge is -2.28. The summed E-state index contributed by atoms with van der Waals surface area (Å²) in [6.45, 7) is 10.6. The van der Waals surface area contributed by atoms with E-state index in [-0.39, 0.29) is 18.2 Å². The molecule has 0 aromatic heterocycles. The Bertz CT molecular complexity index is 199. The van der Waals surface area contributed by atoms with Gasteiger partial charge in [-0.05, 0) is 45.3 Å². The monoisotopic (exact) mass is 232 g/mol. The first-order valence-corrected chi connectivity index (χ1v) is 5.86. The molecule has 0 heterocycles. The first kappa shape index (κ1) is 14.6. The second-order valence-corrected chi connectivity index (χ2v) is 5.62. The molecule has 0 aliphatic carbocycles. The van der Waals surface area contributed by atoms with Crippen LogP contribution in [0.2, 0.25) is 0 Å². The molecule has 0 unspecified atom stereocenters. The summed E-state index contributed by atoms with van der Waals surface area (Å²) in [4.78, 5) is 0. The number of aliphatic hydroxyl groups is 1. The molecule has 0 amide bonds. The van der Waals surface area contributed by atoms with Crippen LogP contribution in [0, 0.1) is 5.92 Å². The number of nitrogens with one attached hydrogen (secondary N) is 2. The van der Waals surface area contributed by atoms with Crippen LogP contribution in [0.5, 0.6) is 0 Å². The lowest BCUT2D eigenvalue weighted by molar-refractivity contribution is 0.254. The van der Waals surface area contributed by atoms with Gasteiger partial charge in [-0.25, -0.2) is 0 Å². The second-order valence-electron chi connectivity index (χ2n) is 5.21.